The molecule has 2 heteroatoms. The number of hydrogen-bond donors (Lipinski definition) is 0. The number of hydrogen-bond acceptors (Lipinski definition) is 0. The number of rotatable bonds is 7. The van der Waals surface area contributed by atoms with Crippen LogP contribution in [0.3, 0.4) is 0 Å². The van der Waals surface area contributed by atoms with Crippen molar-refractivity contribution in [2.45, 2.75) is 90.5 Å². The van der Waals surface area contributed by atoms with Gasteiger partial charge in [-0.25, -0.2) is 4.39 Å². The zero-order valence-corrected chi connectivity index (χ0v) is 17.7. The number of fused-ring (bicyclic) bond motifs is 3. The number of aryl methyl sites for hydroxylation is 1. The molecule has 1 aromatic heterocycles. The maximum Gasteiger partial charge on any atom is 0.213 e. The maximum atomic E-state index is 14.3. The van der Waals surface area contributed by atoms with E-state index in [0.717, 1.165) is 37.8 Å². The lowest BCUT2D eigenvalue weighted by Gasteiger charge is -2.46. The third-order valence-electron chi connectivity index (χ3n) is 7.13. The van der Waals surface area contributed by atoms with Crippen LogP contribution in [0.1, 0.15) is 84.3 Å². The van der Waals surface area contributed by atoms with Crippen LogP contribution in [-0.2, 0) is 17.4 Å². The molecule has 0 fully saturated rings. The molecule has 0 aliphatic carbocycles. The van der Waals surface area contributed by atoms with Crippen LogP contribution in [-0.4, -0.2) is 0 Å². The lowest BCUT2D eigenvalue weighted by atomic mass is 9.60. The standard InChI is InChI=1S/C25H35FN/c1-6-9-11-19-12-14-22-21(17-19)23-15-13-20(26)18-27(23)25(5,16-10-7-2)24(22,4)8-3/h12-15,17-18H,6-11,16H2,1-5H3/q+1. The quantitative estimate of drug-likeness (QED) is 0.478. The summed E-state index contributed by atoms with van der Waals surface area (Å²) in [5.41, 5.74) is 5.12. The summed E-state index contributed by atoms with van der Waals surface area (Å²) in [5, 5.41) is 0. The molecule has 27 heavy (non-hydrogen) atoms. The van der Waals surface area contributed by atoms with Gasteiger partial charge in [-0.2, -0.15) is 4.57 Å². The van der Waals surface area contributed by atoms with E-state index in [2.05, 4.69) is 57.4 Å². The highest BCUT2D eigenvalue weighted by atomic mass is 19.1. The highest BCUT2D eigenvalue weighted by Gasteiger charge is 2.56. The molecule has 0 spiro atoms. The first kappa shape index (κ1) is 20.0. The van der Waals surface area contributed by atoms with E-state index in [1.807, 2.05) is 6.07 Å². The van der Waals surface area contributed by atoms with E-state index in [-0.39, 0.29) is 16.8 Å². The summed E-state index contributed by atoms with van der Waals surface area (Å²) in [4.78, 5) is 0. The number of pyridine rings is 1. The zero-order chi connectivity index (χ0) is 19.7. The van der Waals surface area contributed by atoms with Gasteiger partial charge in [0.1, 0.15) is 0 Å². The summed E-state index contributed by atoms with van der Waals surface area (Å²) in [6.45, 7) is 11.5. The van der Waals surface area contributed by atoms with Gasteiger partial charge < -0.3 is 0 Å². The molecule has 1 aliphatic heterocycles. The Morgan fingerprint density at radius 1 is 0.963 bits per heavy atom. The first-order valence-corrected chi connectivity index (χ1v) is 10.8. The molecule has 2 unspecified atom stereocenters. The van der Waals surface area contributed by atoms with Gasteiger partial charge >= 0.3 is 0 Å². The molecular formula is C25H35FN+. The van der Waals surface area contributed by atoms with Gasteiger partial charge in [0, 0.05) is 19.4 Å². The summed E-state index contributed by atoms with van der Waals surface area (Å²) in [6.07, 6.45) is 9.67. The van der Waals surface area contributed by atoms with Crippen LogP contribution in [0.4, 0.5) is 4.39 Å². The molecule has 2 atom stereocenters. The van der Waals surface area contributed by atoms with Crippen molar-refractivity contribution < 1.29 is 8.96 Å². The first-order valence-electron chi connectivity index (χ1n) is 10.8. The number of benzene rings is 1. The van der Waals surface area contributed by atoms with Gasteiger partial charge in [-0.05, 0) is 55.9 Å². The molecule has 2 aromatic rings. The van der Waals surface area contributed by atoms with Crippen molar-refractivity contribution in [1.29, 1.82) is 0 Å². The van der Waals surface area contributed by atoms with E-state index in [1.165, 1.54) is 29.5 Å². The second-order valence-corrected chi connectivity index (χ2v) is 8.65. The molecule has 146 valence electrons. The van der Waals surface area contributed by atoms with Crippen molar-refractivity contribution in [3.63, 3.8) is 0 Å². The van der Waals surface area contributed by atoms with E-state index in [1.54, 1.807) is 12.3 Å². The Labute approximate surface area is 164 Å². The smallest absolute Gasteiger partial charge is 0.200 e. The summed E-state index contributed by atoms with van der Waals surface area (Å²) in [7, 11) is 0. The molecule has 1 aliphatic rings. The second kappa shape index (κ2) is 7.73. The minimum absolute atomic E-state index is 0.0216. The van der Waals surface area contributed by atoms with E-state index < -0.39 is 0 Å². The van der Waals surface area contributed by atoms with Crippen LogP contribution >= 0.6 is 0 Å². The molecule has 2 heterocycles. The normalized spacial score (nSPS) is 23.8. The first-order chi connectivity index (χ1) is 12.9. The van der Waals surface area contributed by atoms with Crippen molar-refractivity contribution in [1.82, 2.24) is 0 Å². The molecule has 1 aromatic carbocycles. The Morgan fingerprint density at radius 3 is 2.37 bits per heavy atom. The summed E-state index contributed by atoms with van der Waals surface area (Å²) >= 11 is 0. The summed E-state index contributed by atoms with van der Waals surface area (Å²) < 4.78 is 16.6. The number of halogens is 1. The number of aromatic nitrogens is 1. The molecule has 0 amide bonds. The van der Waals surface area contributed by atoms with Gasteiger partial charge in [-0.15, -0.1) is 0 Å². The Bertz CT molecular complexity index is 812. The molecule has 0 radical (unpaired) electrons. The summed E-state index contributed by atoms with van der Waals surface area (Å²) in [6, 6.07) is 10.6. The van der Waals surface area contributed by atoms with Crippen molar-refractivity contribution in [3.8, 4) is 11.3 Å². The van der Waals surface area contributed by atoms with Crippen LogP contribution in [0.2, 0.25) is 0 Å². The Kier molecular flexibility index (Phi) is 5.74. The van der Waals surface area contributed by atoms with Gasteiger partial charge in [-0.1, -0.05) is 45.7 Å². The maximum absolute atomic E-state index is 14.3. The number of unbranched alkanes of at least 4 members (excludes halogenated alkanes) is 2. The van der Waals surface area contributed by atoms with Crippen LogP contribution in [0.5, 0.6) is 0 Å². The van der Waals surface area contributed by atoms with Gasteiger partial charge in [0.25, 0.3) is 0 Å². The average molecular weight is 369 g/mol. The van der Waals surface area contributed by atoms with Gasteiger partial charge in [0.05, 0.1) is 11.0 Å². The molecule has 3 rings (SSSR count). The van der Waals surface area contributed by atoms with Crippen LogP contribution in [0.25, 0.3) is 11.3 Å². The minimum Gasteiger partial charge on any atom is -0.200 e. The third-order valence-corrected chi connectivity index (χ3v) is 7.13. The van der Waals surface area contributed by atoms with Crippen LogP contribution < -0.4 is 4.57 Å². The second-order valence-electron chi connectivity index (χ2n) is 8.65. The number of nitrogens with zero attached hydrogens (tertiary/aromatic N) is 1. The lowest BCUT2D eigenvalue weighted by molar-refractivity contribution is -0.766. The van der Waals surface area contributed by atoms with Gasteiger partial charge in [0.15, 0.2) is 11.4 Å². The predicted octanol–water partition coefficient (Wildman–Crippen LogP) is 6.71. The topological polar surface area (TPSA) is 3.88 Å². The van der Waals surface area contributed by atoms with Crippen LogP contribution in [0, 0.1) is 5.82 Å². The third kappa shape index (κ3) is 3.22. The van der Waals surface area contributed by atoms with Crippen molar-refractivity contribution in [2.24, 2.45) is 0 Å². The molecule has 0 N–H and O–H groups in total. The fourth-order valence-corrected chi connectivity index (χ4v) is 4.97. The highest BCUT2D eigenvalue weighted by Crippen LogP contribution is 2.50. The fourth-order valence-electron chi connectivity index (χ4n) is 4.97. The molecule has 0 saturated heterocycles. The predicted molar refractivity (Wildman–Crippen MR) is 111 cm³/mol. The molecule has 1 nitrogen and oxygen atoms in total. The van der Waals surface area contributed by atoms with E-state index >= 15 is 0 Å². The van der Waals surface area contributed by atoms with E-state index in [4.69, 9.17) is 0 Å². The van der Waals surface area contributed by atoms with Gasteiger partial charge in [-0.3, -0.25) is 0 Å². The van der Waals surface area contributed by atoms with E-state index in [0.29, 0.717) is 0 Å². The monoisotopic (exact) mass is 368 g/mol. The molecular weight excluding hydrogens is 333 g/mol. The Balaban J connectivity index is 2.25. The van der Waals surface area contributed by atoms with Crippen molar-refractivity contribution >= 4 is 0 Å². The average Bonchev–Trinajstić information content (AvgIpc) is 2.68. The van der Waals surface area contributed by atoms with Crippen molar-refractivity contribution in [2.75, 3.05) is 0 Å². The molecule has 0 saturated carbocycles. The Hall–Kier alpha value is -1.70. The lowest BCUT2D eigenvalue weighted by Crippen LogP contribution is -2.67. The van der Waals surface area contributed by atoms with Gasteiger partial charge in [0.2, 0.25) is 11.9 Å². The summed E-state index contributed by atoms with van der Waals surface area (Å²) in [5.74, 6) is -0.148. The highest BCUT2D eigenvalue weighted by molar-refractivity contribution is 5.66. The molecule has 0 bridgehead atoms. The Morgan fingerprint density at radius 2 is 1.70 bits per heavy atom. The van der Waals surface area contributed by atoms with Crippen LogP contribution in [0.15, 0.2) is 36.5 Å². The van der Waals surface area contributed by atoms with Crippen molar-refractivity contribution in [3.05, 3.63) is 53.5 Å². The fraction of sp³-hybridized carbons (Fsp3) is 0.560. The largest absolute Gasteiger partial charge is 0.213 e. The SMILES string of the molecule is CCCCc1ccc2c(c1)-c1ccc(F)c[n+]1C(C)(CCCC)C2(C)CC. The minimum atomic E-state index is -0.148. The van der Waals surface area contributed by atoms with E-state index in [9.17, 15) is 4.39 Å². The zero-order valence-electron chi connectivity index (χ0n) is 17.7.